The van der Waals surface area contributed by atoms with Crippen LogP contribution in [0.5, 0.6) is 0 Å². The summed E-state index contributed by atoms with van der Waals surface area (Å²) in [7, 11) is 0. The largest absolute Gasteiger partial charge is 0.386 e. The Bertz CT molecular complexity index is 864. The van der Waals surface area contributed by atoms with E-state index in [1.54, 1.807) is 36.4 Å². The molecule has 8 heteroatoms. The lowest BCUT2D eigenvalue weighted by Gasteiger charge is -2.10. The van der Waals surface area contributed by atoms with Crippen molar-refractivity contribution in [2.75, 3.05) is 0 Å². The Morgan fingerprint density at radius 2 is 2.00 bits per heavy atom. The standard InChI is InChI=1S/C16H13ClN4O3/c17-13-6-4-11(5-7-13)15(22)9-20-10-18-16(19-20)12-2-1-3-14(8-12)21(23)24/h1-8,10,15,22H,9H2. The van der Waals surface area contributed by atoms with Gasteiger partial charge in [0.15, 0.2) is 5.82 Å². The number of non-ortho nitro benzene ring substituents is 1. The van der Waals surface area contributed by atoms with E-state index in [-0.39, 0.29) is 12.2 Å². The first-order chi connectivity index (χ1) is 11.5. The summed E-state index contributed by atoms with van der Waals surface area (Å²) in [6.45, 7) is 0.212. The minimum absolute atomic E-state index is 0.0231. The zero-order valence-corrected chi connectivity index (χ0v) is 13.2. The first kappa shape index (κ1) is 16.1. The fourth-order valence-electron chi connectivity index (χ4n) is 2.24. The Balaban J connectivity index is 1.77. The Labute approximate surface area is 142 Å². The number of aliphatic hydroxyl groups excluding tert-OH is 1. The van der Waals surface area contributed by atoms with E-state index >= 15 is 0 Å². The van der Waals surface area contributed by atoms with Gasteiger partial charge >= 0.3 is 0 Å². The number of nitrogens with zero attached hydrogens (tertiary/aromatic N) is 4. The second kappa shape index (κ2) is 6.77. The SMILES string of the molecule is O=[N+]([O-])c1cccc(-c2ncn(CC(O)c3ccc(Cl)cc3)n2)c1. The maximum atomic E-state index is 10.8. The number of rotatable bonds is 5. The molecule has 1 N–H and O–H groups in total. The smallest absolute Gasteiger partial charge is 0.270 e. The summed E-state index contributed by atoms with van der Waals surface area (Å²) in [6.07, 6.45) is 0.717. The zero-order valence-electron chi connectivity index (χ0n) is 12.4. The lowest BCUT2D eigenvalue weighted by molar-refractivity contribution is -0.384. The van der Waals surface area contributed by atoms with E-state index in [0.29, 0.717) is 22.0 Å². The molecule has 1 unspecified atom stereocenters. The highest BCUT2D eigenvalue weighted by Gasteiger charge is 2.13. The molecule has 0 bridgehead atoms. The molecular formula is C16H13ClN4O3. The van der Waals surface area contributed by atoms with Crippen LogP contribution in [0.4, 0.5) is 5.69 Å². The predicted octanol–water partition coefficient (Wildman–Crippen LogP) is 3.24. The van der Waals surface area contributed by atoms with Crippen LogP contribution in [-0.2, 0) is 6.54 Å². The molecule has 0 saturated carbocycles. The summed E-state index contributed by atoms with van der Waals surface area (Å²) in [5.74, 6) is 0.363. The van der Waals surface area contributed by atoms with E-state index in [2.05, 4.69) is 10.1 Å². The van der Waals surface area contributed by atoms with Crippen LogP contribution < -0.4 is 0 Å². The molecule has 0 spiro atoms. The monoisotopic (exact) mass is 344 g/mol. The van der Waals surface area contributed by atoms with Gasteiger partial charge in [-0.3, -0.25) is 10.1 Å². The average molecular weight is 345 g/mol. The van der Waals surface area contributed by atoms with Crippen LogP contribution in [0.25, 0.3) is 11.4 Å². The maximum absolute atomic E-state index is 10.8. The molecule has 0 radical (unpaired) electrons. The van der Waals surface area contributed by atoms with Gasteiger partial charge in [0.25, 0.3) is 5.69 Å². The molecule has 0 amide bonds. The fraction of sp³-hybridized carbons (Fsp3) is 0.125. The van der Waals surface area contributed by atoms with E-state index in [0.717, 1.165) is 0 Å². The number of aromatic nitrogens is 3. The third-order valence-corrected chi connectivity index (χ3v) is 3.72. The van der Waals surface area contributed by atoms with Crippen LogP contribution in [0.15, 0.2) is 54.9 Å². The van der Waals surface area contributed by atoms with Crippen molar-refractivity contribution in [2.24, 2.45) is 0 Å². The lowest BCUT2D eigenvalue weighted by atomic mass is 10.1. The third kappa shape index (κ3) is 3.58. The van der Waals surface area contributed by atoms with Gasteiger partial charge in [-0.15, -0.1) is 0 Å². The third-order valence-electron chi connectivity index (χ3n) is 3.47. The van der Waals surface area contributed by atoms with Crippen molar-refractivity contribution in [3.63, 3.8) is 0 Å². The van der Waals surface area contributed by atoms with Crippen LogP contribution in [0, 0.1) is 10.1 Å². The van der Waals surface area contributed by atoms with Gasteiger partial charge in [0.05, 0.1) is 17.6 Å². The van der Waals surface area contributed by atoms with Crippen molar-refractivity contribution >= 4 is 17.3 Å². The summed E-state index contributed by atoms with van der Waals surface area (Å²) in [4.78, 5) is 14.5. The molecular weight excluding hydrogens is 332 g/mol. The van der Waals surface area contributed by atoms with Crippen molar-refractivity contribution in [3.8, 4) is 11.4 Å². The number of hydrogen-bond acceptors (Lipinski definition) is 5. The number of aliphatic hydroxyl groups is 1. The Morgan fingerprint density at radius 3 is 2.71 bits per heavy atom. The van der Waals surface area contributed by atoms with Crippen LogP contribution in [0.3, 0.4) is 0 Å². The van der Waals surface area contributed by atoms with Gasteiger partial charge in [-0.2, -0.15) is 5.10 Å². The molecule has 1 atom stereocenters. The minimum Gasteiger partial charge on any atom is -0.386 e. The predicted molar refractivity (Wildman–Crippen MR) is 88.5 cm³/mol. The highest BCUT2D eigenvalue weighted by molar-refractivity contribution is 6.30. The summed E-state index contributed by atoms with van der Waals surface area (Å²) >= 11 is 5.83. The first-order valence-electron chi connectivity index (χ1n) is 7.11. The van der Waals surface area contributed by atoms with E-state index in [9.17, 15) is 15.2 Å². The van der Waals surface area contributed by atoms with Crippen LogP contribution >= 0.6 is 11.6 Å². The van der Waals surface area contributed by atoms with Gasteiger partial charge in [-0.1, -0.05) is 35.9 Å². The van der Waals surface area contributed by atoms with Crippen molar-refractivity contribution < 1.29 is 10.0 Å². The summed E-state index contributed by atoms with van der Waals surface area (Å²) in [5, 5.41) is 25.9. The van der Waals surface area contributed by atoms with Gasteiger partial charge < -0.3 is 5.11 Å². The van der Waals surface area contributed by atoms with Gasteiger partial charge in [0, 0.05) is 22.7 Å². The summed E-state index contributed by atoms with van der Waals surface area (Å²) < 4.78 is 1.49. The van der Waals surface area contributed by atoms with E-state index < -0.39 is 11.0 Å². The number of hydrogen-bond donors (Lipinski definition) is 1. The molecule has 122 valence electrons. The van der Waals surface area contributed by atoms with Crippen molar-refractivity contribution in [1.29, 1.82) is 0 Å². The molecule has 1 heterocycles. The van der Waals surface area contributed by atoms with Crippen molar-refractivity contribution in [3.05, 3.63) is 75.6 Å². The zero-order chi connectivity index (χ0) is 17.1. The molecule has 3 aromatic rings. The molecule has 0 saturated heterocycles. The fourth-order valence-corrected chi connectivity index (χ4v) is 2.37. The summed E-state index contributed by atoms with van der Waals surface area (Å²) in [6, 6.07) is 13.0. The number of benzene rings is 2. The number of halogens is 1. The normalized spacial score (nSPS) is 12.1. The van der Waals surface area contributed by atoms with Crippen LogP contribution in [0.1, 0.15) is 11.7 Å². The quantitative estimate of drug-likeness (QED) is 0.566. The molecule has 2 aromatic carbocycles. The second-order valence-electron chi connectivity index (χ2n) is 5.17. The molecule has 1 aromatic heterocycles. The first-order valence-corrected chi connectivity index (χ1v) is 7.48. The Kier molecular flexibility index (Phi) is 4.54. The molecule has 7 nitrogen and oxygen atoms in total. The molecule has 0 aliphatic heterocycles. The molecule has 0 aliphatic carbocycles. The number of nitro benzene ring substituents is 1. The number of nitro groups is 1. The Morgan fingerprint density at radius 1 is 1.25 bits per heavy atom. The molecule has 0 aliphatic rings. The molecule has 3 rings (SSSR count). The van der Waals surface area contributed by atoms with E-state index in [1.807, 2.05) is 0 Å². The van der Waals surface area contributed by atoms with Crippen LogP contribution in [0.2, 0.25) is 5.02 Å². The second-order valence-corrected chi connectivity index (χ2v) is 5.60. The average Bonchev–Trinajstić information content (AvgIpc) is 3.04. The van der Waals surface area contributed by atoms with Gasteiger partial charge in [-0.25, -0.2) is 9.67 Å². The minimum atomic E-state index is -0.762. The Hall–Kier alpha value is -2.77. The van der Waals surface area contributed by atoms with E-state index in [4.69, 9.17) is 11.6 Å². The lowest BCUT2D eigenvalue weighted by Crippen LogP contribution is -2.09. The van der Waals surface area contributed by atoms with Gasteiger partial charge in [-0.05, 0) is 17.7 Å². The van der Waals surface area contributed by atoms with Gasteiger partial charge in [0.1, 0.15) is 6.33 Å². The maximum Gasteiger partial charge on any atom is 0.270 e. The molecule has 0 fully saturated rings. The highest BCUT2D eigenvalue weighted by Crippen LogP contribution is 2.22. The highest BCUT2D eigenvalue weighted by atomic mass is 35.5. The van der Waals surface area contributed by atoms with Crippen molar-refractivity contribution in [1.82, 2.24) is 14.8 Å². The van der Waals surface area contributed by atoms with Crippen LogP contribution in [-0.4, -0.2) is 24.8 Å². The van der Waals surface area contributed by atoms with E-state index in [1.165, 1.54) is 23.1 Å². The summed E-state index contributed by atoms with van der Waals surface area (Å²) in [5.41, 5.74) is 1.24. The van der Waals surface area contributed by atoms with Crippen molar-refractivity contribution in [2.45, 2.75) is 12.6 Å². The van der Waals surface area contributed by atoms with Gasteiger partial charge in [0.2, 0.25) is 0 Å². The molecule has 24 heavy (non-hydrogen) atoms. The topological polar surface area (TPSA) is 94.1 Å².